The minimum atomic E-state index is -0.807. The Balaban J connectivity index is 0.000000192. The fraction of sp³-hybridized carbons (Fsp3) is 0.354. The van der Waals surface area contributed by atoms with Crippen LogP contribution in [0.5, 0.6) is 0 Å². The number of nitrogens with zero attached hydrogens (tertiary/aromatic N) is 5. The van der Waals surface area contributed by atoms with Crippen molar-refractivity contribution < 1.29 is 41.5 Å². The summed E-state index contributed by atoms with van der Waals surface area (Å²) in [6.07, 6.45) is 9.02. The Morgan fingerprint density at radius 2 is 0.984 bits per heavy atom. The van der Waals surface area contributed by atoms with Crippen molar-refractivity contribution in [2.24, 2.45) is 9.98 Å². The number of rotatable bonds is 11. The Morgan fingerprint density at radius 3 is 1.34 bits per heavy atom. The van der Waals surface area contributed by atoms with Gasteiger partial charge < -0.3 is 25.3 Å². The minimum absolute atomic E-state index is 0.0134. The molecule has 0 atom stereocenters. The SMILES string of the molecule is CN(C)Cc1ccc(C2=NC3(CCCCC3)N(CC(=O)Nc3cc(F)cc(F)c3)C2=O)cc1.O=Cc1ccc(C2=NC3(CCCCC3)N(CC(=O)Nc3cc(F)cc(F)c3)C2=O)cc1. The van der Waals surface area contributed by atoms with Crippen LogP contribution >= 0.6 is 0 Å². The molecule has 334 valence electrons. The number of amides is 4. The van der Waals surface area contributed by atoms with Crippen molar-refractivity contribution in [3.05, 3.63) is 130 Å². The molecule has 2 fully saturated rings. The second kappa shape index (κ2) is 19.5. The Morgan fingerprint density at radius 1 is 0.609 bits per heavy atom. The molecule has 2 aliphatic carbocycles. The maximum absolute atomic E-state index is 13.5. The Kier molecular flexibility index (Phi) is 13.8. The highest BCUT2D eigenvalue weighted by Crippen LogP contribution is 2.41. The monoisotopic (exact) mass is 879 g/mol. The lowest BCUT2D eigenvalue weighted by Crippen LogP contribution is -2.51. The normalized spacial score (nSPS) is 17.5. The van der Waals surface area contributed by atoms with E-state index in [4.69, 9.17) is 9.98 Å². The highest BCUT2D eigenvalue weighted by atomic mass is 19.1. The maximum atomic E-state index is 13.5. The number of hydrogen-bond acceptors (Lipinski definition) is 8. The molecule has 4 aromatic carbocycles. The quantitative estimate of drug-likeness (QED) is 0.117. The lowest BCUT2D eigenvalue weighted by atomic mass is 9.88. The zero-order chi connectivity index (χ0) is 45.6. The van der Waals surface area contributed by atoms with E-state index in [9.17, 15) is 41.5 Å². The van der Waals surface area contributed by atoms with Gasteiger partial charge in [-0.15, -0.1) is 0 Å². The highest BCUT2D eigenvalue weighted by molar-refractivity contribution is 6.47. The van der Waals surface area contributed by atoms with E-state index >= 15 is 0 Å². The number of benzene rings is 4. The topological polar surface area (TPSA) is 144 Å². The van der Waals surface area contributed by atoms with Gasteiger partial charge in [-0.25, -0.2) is 17.6 Å². The minimum Gasteiger partial charge on any atom is -0.324 e. The number of carbonyl (C=O) groups is 5. The predicted molar refractivity (Wildman–Crippen MR) is 234 cm³/mol. The van der Waals surface area contributed by atoms with Crippen LogP contribution in [0.25, 0.3) is 0 Å². The lowest BCUT2D eigenvalue weighted by Gasteiger charge is -2.38. The molecule has 0 saturated heterocycles. The second-order valence-electron chi connectivity index (χ2n) is 16.9. The van der Waals surface area contributed by atoms with Crippen LogP contribution in [-0.2, 0) is 25.7 Å². The molecule has 8 rings (SSSR count). The molecule has 2 saturated carbocycles. The van der Waals surface area contributed by atoms with Crippen LogP contribution in [0.15, 0.2) is 94.9 Å². The number of aldehydes is 1. The van der Waals surface area contributed by atoms with E-state index in [1.54, 1.807) is 24.3 Å². The molecule has 0 radical (unpaired) electrons. The summed E-state index contributed by atoms with van der Waals surface area (Å²) >= 11 is 0. The van der Waals surface area contributed by atoms with Gasteiger partial charge in [0.25, 0.3) is 11.8 Å². The van der Waals surface area contributed by atoms with Crippen LogP contribution in [-0.4, -0.2) is 94.5 Å². The van der Waals surface area contributed by atoms with Crippen LogP contribution in [0, 0.1) is 23.3 Å². The Bertz CT molecular complexity index is 2440. The van der Waals surface area contributed by atoms with Crippen LogP contribution in [0.1, 0.15) is 91.3 Å². The first-order chi connectivity index (χ1) is 30.7. The van der Waals surface area contributed by atoms with Gasteiger partial charge in [-0.05, 0) is 95.3 Å². The maximum Gasteiger partial charge on any atom is 0.275 e. The van der Waals surface area contributed by atoms with Gasteiger partial charge in [0.05, 0.1) is 0 Å². The van der Waals surface area contributed by atoms with E-state index in [1.165, 1.54) is 9.80 Å². The third kappa shape index (κ3) is 10.4. The fourth-order valence-electron chi connectivity index (χ4n) is 8.87. The third-order valence-electron chi connectivity index (χ3n) is 11.8. The molecule has 2 N–H and O–H groups in total. The van der Waals surface area contributed by atoms with Gasteiger partial charge in [0.1, 0.15) is 65.4 Å². The van der Waals surface area contributed by atoms with Crippen molar-refractivity contribution in [2.45, 2.75) is 82.1 Å². The number of carbonyl (C=O) groups excluding carboxylic acids is 5. The number of halogens is 4. The average Bonchev–Trinajstić information content (AvgIpc) is 3.65. The van der Waals surface area contributed by atoms with Gasteiger partial charge in [-0.1, -0.05) is 61.4 Å². The molecule has 64 heavy (non-hydrogen) atoms. The first-order valence-corrected chi connectivity index (χ1v) is 21.3. The molecular weight excluding hydrogens is 831 g/mol. The van der Waals surface area contributed by atoms with Crippen molar-refractivity contribution in [2.75, 3.05) is 37.8 Å². The van der Waals surface area contributed by atoms with Crippen LogP contribution in [0.4, 0.5) is 28.9 Å². The summed E-state index contributed by atoms with van der Waals surface area (Å²) in [5, 5.41) is 4.96. The zero-order valence-corrected chi connectivity index (χ0v) is 35.6. The molecule has 2 aliphatic heterocycles. The summed E-state index contributed by atoms with van der Waals surface area (Å²) < 4.78 is 53.8. The Hall–Kier alpha value is -6.55. The summed E-state index contributed by atoms with van der Waals surface area (Å²) in [6.45, 7) is 0.274. The molecule has 2 heterocycles. The van der Waals surface area contributed by atoms with E-state index < -0.39 is 46.4 Å². The molecule has 0 unspecified atom stereocenters. The molecule has 4 aromatic rings. The number of nitrogens with one attached hydrogen (secondary N) is 2. The number of anilines is 2. The largest absolute Gasteiger partial charge is 0.324 e. The van der Waals surface area contributed by atoms with Crippen LogP contribution in [0.3, 0.4) is 0 Å². The summed E-state index contributed by atoms with van der Waals surface area (Å²) in [4.78, 5) is 77.7. The molecule has 2 spiro atoms. The molecular formula is C48H49F4N7O5. The summed E-state index contributed by atoms with van der Waals surface area (Å²) in [7, 11) is 3.99. The smallest absolute Gasteiger partial charge is 0.275 e. The first kappa shape index (κ1) is 45.5. The third-order valence-corrected chi connectivity index (χ3v) is 11.8. The van der Waals surface area contributed by atoms with E-state index in [0.29, 0.717) is 48.6 Å². The zero-order valence-electron chi connectivity index (χ0n) is 35.6. The van der Waals surface area contributed by atoms with E-state index in [2.05, 4.69) is 15.5 Å². The summed E-state index contributed by atoms with van der Waals surface area (Å²) in [6, 6.07) is 19.9. The van der Waals surface area contributed by atoms with Crippen molar-refractivity contribution in [3.8, 4) is 0 Å². The summed E-state index contributed by atoms with van der Waals surface area (Å²) in [5.41, 5.74) is 1.97. The highest BCUT2D eigenvalue weighted by Gasteiger charge is 2.49. The van der Waals surface area contributed by atoms with Crippen molar-refractivity contribution in [1.29, 1.82) is 0 Å². The predicted octanol–water partition coefficient (Wildman–Crippen LogP) is 7.66. The molecule has 4 aliphatic rings. The number of hydrogen-bond donors (Lipinski definition) is 2. The van der Waals surface area contributed by atoms with Gasteiger partial charge in [-0.3, -0.25) is 34.0 Å². The fourth-order valence-corrected chi connectivity index (χ4v) is 8.87. The van der Waals surface area contributed by atoms with Gasteiger partial charge >= 0.3 is 0 Å². The lowest BCUT2D eigenvalue weighted by molar-refractivity contribution is -0.134. The molecule has 4 amide bonds. The van der Waals surface area contributed by atoms with Gasteiger partial charge in [-0.2, -0.15) is 0 Å². The van der Waals surface area contributed by atoms with Crippen molar-refractivity contribution in [3.63, 3.8) is 0 Å². The molecule has 0 aromatic heterocycles. The summed E-state index contributed by atoms with van der Waals surface area (Å²) in [5.74, 6) is -4.92. The van der Waals surface area contributed by atoms with Crippen LogP contribution < -0.4 is 10.6 Å². The number of aliphatic imine (C=N–C) groups is 2. The van der Waals surface area contributed by atoms with Gasteiger partial charge in [0.15, 0.2) is 0 Å². The van der Waals surface area contributed by atoms with E-state index in [0.717, 1.165) is 92.8 Å². The van der Waals surface area contributed by atoms with E-state index in [1.807, 2.05) is 38.4 Å². The average molecular weight is 880 g/mol. The second-order valence-corrected chi connectivity index (χ2v) is 16.9. The van der Waals surface area contributed by atoms with E-state index in [-0.39, 0.29) is 42.0 Å². The first-order valence-electron chi connectivity index (χ1n) is 21.3. The van der Waals surface area contributed by atoms with Crippen molar-refractivity contribution >= 4 is 52.7 Å². The van der Waals surface area contributed by atoms with Gasteiger partial charge in [0, 0.05) is 46.7 Å². The molecule has 16 heteroatoms. The standard InChI is InChI=1S/C25H28F2N4O2.C23H21F2N3O3/c1-30(2)15-17-6-8-18(9-7-17)23-24(33)31(25(29-23)10-4-3-5-11-25)16-22(32)28-21-13-19(26)12-20(27)14-21;24-17-10-18(25)12-19(11-17)26-20(30)13-28-22(31)21(16-6-4-15(14-29)5-7-16)27-23(28)8-2-1-3-9-23/h6-9,12-14H,3-5,10-11,15-16H2,1-2H3,(H,28,32);4-7,10-12,14H,1-3,8-9,13H2,(H,26,30). The van der Waals surface area contributed by atoms with Crippen LogP contribution in [0.2, 0.25) is 0 Å². The van der Waals surface area contributed by atoms with Crippen molar-refractivity contribution in [1.82, 2.24) is 14.7 Å². The molecule has 0 bridgehead atoms. The molecule has 12 nitrogen and oxygen atoms in total. The Labute approximate surface area is 368 Å². The van der Waals surface area contributed by atoms with Gasteiger partial charge in [0.2, 0.25) is 11.8 Å².